The number of nitrogens with two attached hydrogens (primary N) is 1. The molecule has 1 aromatic heterocycles. The first-order valence-corrected chi connectivity index (χ1v) is 7.25. The van der Waals surface area contributed by atoms with Gasteiger partial charge in [-0.3, -0.25) is 9.78 Å². The highest BCUT2D eigenvalue weighted by atomic mass is 16.5. The van der Waals surface area contributed by atoms with Crippen LogP contribution in [0.25, 0.3) is 10.9 Å². The molecule has 2 N–H and O–H groups in total. The Morgan fingerprint density at radius 3 is 2.76 bits per heavy atom. The Labute approximate surface area is 125 Å². The summed E-state index contributed by atoms with van der Waals surface area (Å²) in [7, 11) is 1.41. The molecule has 2 aromatic rings. The maximum Gasteiger partial charge on any atom is 0.306 e. The van der Waals surface area contributed by atoms with E-state index in [-0.39, 0.29) is 17.9 Å². The van der Waals surface area contributed by atoms with Gasteiger partial charge < -0.3 is 10.5 Å². The highest BCUT2D eigenvalue weighted by Gasteiger charge is 2.24. The van der Waals surface area contributed by atoms with Crippen LogP contribution in [0.1, 0.15) is 36.9 Å². The van der Waals surface area contributed by atoms with E-state index < -0.39 is 0 Å². The van der Waals surface area contributed by atoms with E-state index >= 15 is 0 Å². The molecular formula is C17H22N2O2. The molecule has 21 heavy (non-hydrogen) atoms. The number of hydrogen-bond acceptors (Lipinski definition) is 4. The molecule has 4 heteroatoms. The standard InChI is InChI=1S/C17H22N2O2/c1-4-15(18)14(10-17(20)21-3)13-9-11(2)19-16-8-6-5-7-12(13)16/h5-9,14-15H,4,10,18H2,1-3H3. The third-order valence-electron chi connectivity index (χ3n) is 3.88. The summed E-state index contributed by atoms with van der Waals surface area (Å²) in [6.45, 7) is 3.99. The summed E-state index contributed by atoms with van der Waals surface area (Å²) in [4.78, 5) is 16.3. The molecule has 0 aliphatic carbocycles. The Bertz CT molecular complexity index is 640. The first-order valence-electron chi connectivity index (χ1n) is 7.25. The maximum atomic E-state index is 11.7. The van der Waals surface area contributed by atoms with Gasteiger partial charge in [-0.15, -0.1) is 0 Å². The van der Waals surface area contributed by atoms with Crippen LogP contribution in [-0.2, 0) is 9.53 Å². The number of benzene rings is 1. The molecule has 0 fully saturated rings. The second kappa shape index (κ2) is 6.68. The fourth-order valence-electron chi connectivity index (χ4n) is 2.69. The Morgan fingerprint density at radius 1 is 1.38 bits per heavy atom. The van der Waals surface area contributed by atoms with E-state index in [0.717, 1.165) is 28.6 Å². The highest BCUT2D eigenvalue weighted by molar-refractivity contribution is 5.84. The normalized spacial score (nSPS) is 13.9. The smallest absolute Gasteiger partial charge is 0.306 e. The predicted molar refractivity (Wildman–Crippen MR) is 84.1 cm³/mol. The molecule has 0 saturated heterocycles. The maximum absolute atomic E-state index is 11.7. The quantitative estimate of drug-likeness (QED) is 0.858. The van der Waals surface area contributed by atoms with Gasteiger partial charge in [-0.05, 0) is 31.0 Å². The van der Waals surface area contributed by atoms with Gasteiger partial charge in [0, 0.05) is 23.0 Å². The molecule has 0 bridgehead atoms. The van der Waals surface area contributed by atoms with Crippen molar-refractivity contribution in [2.75, 3.05) is 7.11 Å². The first-order chi connectivity index (χ1) is 10.1. The molecule has 1 heterocycles. The van der Waals surface area contributed by atoms with Crippen LogP contribution in [0.3, 0.4) is 0 Å². The molecule has 1 aromatic carbocycles. The monoisotopic (exact) mass is 286 g/mol. The van der Waals surface area contributed by atoms with Crippen molar-refractivity contribution in [3.05, 3.63) is 41.6 Å². The minimum Gasteiger partial charge on any atom is -0.469 e. The lowest BCUT2D eigenvalue weighted by Gasteiger charge is -2.24. The second-order valence-electron chi connectivity index (χ2n) is 5.33. The molecule has 2 atom stereocenters. The van der Waals surface area contributed by atoms with Gasteiger partial charge in [0.15, 0.2) is 0 Å². The molecule has 112 valence electrons. The average Bonchev–Trinajstić information content (AvgIpc) is 2.50. The number of hydrogen-bond donors (Lipinski definition) is 1. The number of rotatable bonds is 5. The lowest BCUT2D eigenvalue weighted by atomic mass is 9.85. The van der Waals surface area contributed by atoms with Gasteiger partial charge in [-0.2, -0.15) is 0 Å². The molecule has 0 radical (unpaired) electrons. The third kappa shape index (κ3) is 3.39. The summed E-state index contributed by atoms with van der Waals surface area (Å²) in [5.74, 6) is -0.295. The molecule has 4 nitrogen and oxygen atoms in total. The van der Waals surface area contributed by atoms with Gasteiger partial charge >= 0.3 is 5.97 Å². The van der Waals surface area contributed by atoms with Crippen LogP contribution >= 0.6 is 0 Å². The van der Waals surface area contributed by atoms with E-state index in [0.29, 0.717) is 6.42 Å². The van der Waals surface area contributed by atoms with Crippen molar-refractivity contribution in [1.82, 2.24) is 4.98 Å². The Morgan fingerprint density at radius 2 is 2.10 bits per heavy atom. The van der Waals surface area contributed by atoms with Crippen LogP contribution in [0, 0.1) is 6.92 Å². The fourth-order valence-corrected chi connectivity index (χ4v) is 2.69. The van der Waals surface area contributed by atoms with E-state index in [9.17, 15) is 4.79 Å². The number of ether oxygens (including phenoxy) is 1. The van der Waals surface area contributed by atoms with Crippen molar-refractivity contribution in [2.24, 2.45) is 5.73 Å². The van der Waals surface area contributed by atoms with Gasteiger partial charge in [0.1, 0.15) is 0 Å². The molecule has 0 saturated carbocycles. The van der Waals surface area contributed by atoms with Gasteiger partial charge in [0.2, 0.25) is 0 Å². The van der Waals surface area contributed by atoms with Gasteiger partial charge in [0.05, 0.1) is 19.0 Å². The van der Waals surface area contributed by atoms with E-state index in [1.165, 1.54) is 7.11 Å². The molecule has 0 spiro atoms. The zero-order valence-corrected chi connectivity index (χ0v) is 12.8. The summed E-state index contributed by atoms with van der Waals surface area (Å²) in [5, 5.41) is 1.06. The number of pyridine rings is 1. The number of carbonyl (C=O) groups is 1. The van der Waals surface area contributed by atoms with E-state index in [4.69, 9.17) is 10.5 Å². The van der Waals surface area contributed by atoms with E-state index in [1.807, 2.05) is 44.2 Å². The Balaban J connectivity index is 2.55. The summed E-state index contributed by atoms with van der Waals surface area (Å²) in [6, 6.07) is 9.91. The molecule has 0 amide bonds. The number of carbonyl (C=O) groups excluding carboxylic acids is 1. The summed E-state index contributed by atoms with van der Waals surface area (Å²) >= 11 is 0. The number of esters is 1. The van der Waals surface area contributed by atoms with Crippen LogP contribution in [0.2, 0.25) is 0 Å². The van der Waals surface area contributed by atoms with Crippen molar-refractivity contribution in [1.29, 1.82) is 0 Å². The van der Waals surface area contributed by atoms with Crippen LogP contribution in [0.15, 0.2) is 30.3 Å². The van der Waals surface area contributed by atoms with Crippen molar-refractivity contribution in [2.45, 2.75) is 38.6 Å². The predicted octanol–water partition coefficient (Wildman–Crippen LogP) is 2.93. The summed E-state index contributed by atoms with van der Waals surface area (Å²) < 4.78 is 4.83. The number of aromatic nitrogens is 1. The van der Waals surface area contributed by atoms with Crippen LogP contribution in [-0.4, -0.2) is 24.1 Å². The van der Waals surface area contributed by atoms with Crippen molar-refractivity contribution < 1.29 is 9.53 Å². The lowest BCUT2D eigenvalue weighted by Crippen LogP contribution is -2.30. The zero-order valence-electron chi connectivity index (χ0n) is 12.8. The summed E-state index contributed by atoms with van der Waals surface area (Å²) in [5.41, 5.74) is 9.21. The average molecular weight is 286 g/mol. The molecule has 0 aliphatic rings. The van der Waals surface area contributed by atoms with Crippen molar-refractivity contribution >= 4 is 16.9 Å². The minimum atomic E-state index is -0.234. The van der Waals surface area contributed by atoms with Gasteiger partial charge in [0.25, 0.3) is 0 Å². The van der Waals surface area contributed by atoms with Crippen LogP contribution in [0.4, 0.5) is 0 Å². The van der Waals surface area contributed by atoms with Crippen molar-refractivity contribution in [3.63, 3.8) is 0 Å². The highest BCUT2D eigenvalue weighted by Crippen LogP contribution is 2.31. The minimum absolute atomic E-state index is 0.0611. The molecule has 2 rings (SSSR count). The molecular weight excluding hydrogens is 264 g/mol. The SMILES string of the molecule is CCC(N)C(CC(=O)OC)c1cc(C)nc2ccccc12. The zero-order chi connectivity index (χ0) is 15.4. The van der Waals surface area contributed by atoms with Crippen molar-refractivity contribution in [3.8, 4) is 0 Å². The largest absolute Gasteiger partial charge is 0.469 e. The topological polar surface area (TPSA) is 65.2 Å². The van der Waals surface area contributed by atoms with Crippen LogP contribution < -0.4 is 5.73 Å². The molecule has 0 aliphatic heterocycles. The number of fused-ring (bicyclic) bond motifs is 1. The number of nitrogens with zero attached hydrogens (tertiary/aromatic N) is 1. The lowest BCUT2D eigenvalue weighted by molar-refractivity contribution is -0.141. The fraction of sp³-hybridized carbons (Fsp3) is 0.412. The van der Waals surface area contributed by atoms with Gasteiger partial charge in [-0.25, -0.2) is 0 Å². The summed E-state index contributed by atoms with van der Waals surface area (Å²) in [6.07, 6.45) is 1.09. The van der Waals surface area contributed by atoms with Gasteiger partial charge in [-0.1, -0.05) is 25.1 Å². The number of aryl methyl sites for hydroxylation is 1. The number of methoxy groups -OCH3 is 1. The first kappa shape index (κ1) is 15.4. The van der Waals surface area contributed by atoms with E-state index in [2.05, 4.69) is 4.98 Å². The Kier molecular flexibility index (Phi) is 4.91. The number of para-hydroxylation sites is 1. The van der Waals surface area contributed by atoms with Crippen LogP contribution in [0.5, 0.6) is 0 Å². The Hall–Kier alpha value is -1.94. The van der Waals surface area contributed by atoms with E-state index in [1.54, 1.807) is 0 Å². The second-order valence-corrected chi connectivity index (χ2v) is 5.33. The third-order valence-corrected chi connectivity index (χ3v) is 3.88. The molecule has 2 unspecified atom stereocenters.